The van der Waals surface area contributed by atoms with Crippen LogP contribution in [0.3, 0.4) is 0 Å². The molecular weight excluding hydrogens is 262 g/mol. The van der Waals surface area contributed by atoms with Crippen LogP contribution in [-0.4, -0.2) is 15.7 Å². The standard InChI is InChI=1S/C17H23N3O/c1-12-7-5-6-8-16(12)11-18-17(21)10-15(4)20-14(3)9-13(2)19-20/h5-9,15H,10-11H2,1-4H3,(H,18,21)/t15-/m0/s1. The van der Waals surface area contributed by atoms with Crippen molar-refractivity contribution in [3.05, 3.63) is 52.8 Å². The quantitative estimate of drug-likeness (QED) is 0.917. The van der Waals surface area contributed by atoms with Gasteiger partial charge in [-0.25, -0.2) is 0 Å². The minimum Gasteiger partial charge on any atom is -0.352 e. The highest BCUT2D eigenvalue weighted by Crippen LogP contribution is 2.14. The zero-order chi connectivity index (χ0) is 15.4. The molecule has 1 aromatic carbocycles. The van der Waals surface area contributed by atoms with E-state index < -0.39 is 0 Å². The molecule has 1 N–H and O–H groups in total. The van der Waals surface area contributed by atoms with Gasteiger partial charge in [-0.2, -0.15) is 5.10 Å². The van der Waals surface area contributed by atoms with Crippen molar-refractivity contribution in [2.75, 3.05) is 0 Å². The molecule has 0 saturated heterocycles. The molecule has 0 saturated carbocycles. The van der Waals surface area contributed by atoms with Gasteiger partial charge < -0.3 is 5.32 Å². The molecule has 1 heterocycles. The molecule has 2 aromatic rings. The van der Waals surface area contributed by atoms with Crippen molar-refractivity contribution in [3.8, 4) is 0 Å². The highest BCUT2D eigenvalue weighted by atomic mass is 16.1. The Morgan fingerprint density at radius 1 is 1.29 bits per heavy atom. The summed E-state index contributed by atoms with van der Waals surface area (Å²) in [6.07, 6.45) is 0.438. The van der Waals surface area contributed by atoms with Crippen LogP contribution in [0, 0.1) is 20.8 Å². The van der Waals surface area contributed by atoms with Crippen LogP contribution in [0.5, 0.6) is 0 Å². The van der Waals surface area contributed by atoms with Gasteiger partial charge in [0.15, 0.2) is 0 Å². The van der Waals surface area contributed by atoms with E-state index in [0.717, 1.165) is 17.0 Å². The van der Waals surface area contributed by atoms with Crippen LogP contribution in [0.15, 0.2) is 30.3 Å². The van der Waals surface area contributed by atoms with Crippen molar-refractivity contribution in [1.82, 2.24) is 15.1 Å². The first-order chi connectivity index (χ1) is 9.97. The zero-order valence-corrected chi connectivity index (χ0v) is 13.2. The molecule has 1 atom stereocenters. The van der Waals surface area contributed by atoms with Gasteiger partial charge in [0.1, 0.15) is 0 Å². The van der Waals surface area contributed by atoms with E-state index in [-0.39, 0.29) is 11.9 Å². The number of aromatic nitrogens is 2. The molecule has 0 unspecified atom stereocenters. The van der Waals surface area contributed by atoms with E-state index in [1.165, 1.54) is 5.56 Å². The Morgan fingerprint density at radius 3 is 2.62 bits per heavy atom. The smallest absolute Gasteiger partial charge is 0.222 e. The van der Waals surface area contributed by atoms with Gasteiger partial charge in [0.25, 0.3) is 0 Å². The molecule has 0 spiro atoms. The molecule has 0 aliphatic heterocycles. The van der Waals surface area contributed by atoms with Gasteiger partial charge in [-0.3, -0.25) is 9.48 Å². The van der Waals surface area contributed by atoms with Gasteiger partial charge in [-0.1, -0.05) is 24.3 Å². The summed E-state index contributed by atoms with van der Waals surface area (Å²) < 4.78 is 1.92. The van der Waals surface area contributed by atoms with E-state index in [1.54, 1.807) is 0 Å². The molecule has 1 amide bonds. The molecule has 1 aromatic heterocycles. The van der Waals surface area contributed by atoms with Crippen molar-refractivity contribution in [1.29, 1.82) is 0 Å². The number of carbonyl (C=O) groups excluding carboxylic acids is 1. The third kappa shape index (κ3) is 3.94. The molecule has 0 aliphatic carbocycles. The average Bonchev–Trinajstić information content (AvgIpc) is 2.77. The van der Waals surface area contributed by atoms with Gasteiger partial charge in [-0.15, -0.1) is 0 Å². The molecule has 4 heteroatoms. The van der Waals surface area contributed by atoms with Gasteiger partial charge in [-0.05, 0) is 44.9 Å². The maximum absolute atomic E-state index is 12.1. The molecule has 21 heavy (non-hydrogen) atoms. The first-order valence-electron chi connectivity index (χ1n) is 7.31. The van der Waals surface area contributed by atoms with E-state index in [2.05, 4.69) is 23.4 Å². The zero-order valence-electron chi connectivity index (χ0n) is 13.2. The maximum atomic E-state index is 12.1. The van der Waals surface area contributed by atoms with Crippen LogP contribution in [0.2, 0.25) is 0 Å². The Kier molecular flexibility index (Phi) is 4.78. The normalized spacial score (nSPS) is 12.2. The number of nitrogens with zero attached hydrogens (tertiary/aromatic N) is 2. The topological polar surface area (TPSA) is 46.9 Å². The predicted molar refractivity (Wildman–Crippen MR) is 84.1 cm³/mol. The van der Waals surface area contributed by atoms with Crippen molar-refractivity contribution in [3.63, 3.8) is 0 Å². The fourth-order valence-electron chi connectivity index (χ4n) is 2.52. The van der Waals surface area contributed by atoms with Gasteiger partial charge >= 0.3 is 0 Å². The Hall–Kier alpha value is -2.10. The summed E-state index contributed by atoms with van der Waals surface area (Å²) >= 11 is 0. The third-order valence-corrected chi connectivity index (χ3v) is 3.68. The molecule has 2 rings (SSSR count). The van der Waals surface area contributed by atoms with Crippen LogP contribution in [-0.2, 0) is 11.3 Å². The summed E-state index contributed by atoms with van der Waals surface area (Å²) in [4.78, 5) is 12.1. The Balaban J connectivity index is 1.90. The van der Waals surface area contributed by atoms with Crippen molar-refractivity contribution in [2.45, 2.75) is 46.7 Å². The van der Waals surface area contributed by atoms with E-state index in [9.17, 15) is 4.79 Å². The van der Waals surface area contributed by atoms with E-state index in [0.29, 0.717) is 13.0 Å². The Bertz CT molecular complexity index is 631. The number of amides is 1. The summed E-state index contributed by atoms with van der Waals surface area (Å²) in [5, 5.41) is 7.42. The van der Waals surface area contributed by atoms with Gasteiger partial charge in [0.05, 0.1) is 11.7 Å². The molecule has 112 valence electrons. The molecule has 0 fully saturated rings. The number of carbonyl (C=O) groups is 1. The van der Waals surface area contributed by atoms with Crippen LogP contribution in [0.4, 0.5) is 0 Å². The second-order valence-electron chi connectivity index (χ2n) is 5.63. The third-order valence-electron chi connectivity index (χ3n) is 3.68. The van der Waals surface area contributed by atoms with Gasteiger partial charge in [0.2, 0.25) is 5.91 Å². The fraction of sp³-hybridized carbons (Fsp3) is 0.412. The molecule has 0 aliphatic rings. The van der Waals surface area contributed by atoms with Crippen LogP contribution in [0.25, 0.3) is 0 Å². The number of hydrogen-bond acceptors (Lipinski definition) is 2. The van der Waals surface area contributed by atoms with E-state index in [4.69, 9.17) is 0 Å². The summed E-state index contributed by atoms with van der Waals surface area (Å²) in [6, 6.07) is 10.2. The lowest BCUT2D eigenvalue weighted by atomic mass is 10.1. The molecule has 0 bridgehead atoms. The van der Waals surface area contributed by atoms with Gasteiger partial charge in [0, 0.05) is 18.7 Å². The van der Waals surface area contributed by atoms with Crippen LogP contribution < -0.4 is 5.32 Å². The van der Waals surface area contributed by atoms with Crippen LogP contribution in [0.1, 0.15) is 41.9 Å². The second-order valence-corrected chi connectivity index (χ2v) is 5.63. The SMILES string of the molecule is Cc1cc(C)n([C@@H](C)CC(=O)NCc2ccccc2C)n1. The molecular formula is C17H23N3O. The number of rotatable bonds is 5. The lowest BCUT2D eigenvalue weighted by Crippen LogP contribution is -2.26. The lowest BCUT2D eigenvalue weighted by Gasteiger charge is -2.14. The fourth-order valence-corrected chi connectivity index (χ4v) is 2.52. The monoisotopic (exact) mass is 285 g/mol. The number of nitrogens with one attached hydrogen (secondary N) is 1. The van der Waals surface area contributed by atoms with E-state index in [1.807, 2.05) is 49.7 Å². The molecule has 0 radical (unpaired) electrons. The summed E-state index contributed by atoms with van der Waals surface area (Å²) in [5.41, 5.74) is 4.43. The Morgan fingerprint density at radius 2 is 2.00 bits per heavy atom. The number of benzene rings is 1. The van der Waals surface area contributed by atoms with E-state index >= 15 is 0 Å². The largest absolute Gasteiger partial charge is 0.352 e. The highest BCUT2D eigenvalue weighted by molar-refractivity contribution is 5.76. The summed E-state index contributed by atoms with van der Waals surface area (Å²) in [5.74, 6) is 0.0540. The number of hydrogen-bond donors (Lipinski definition) is 1. The summed E-state index contributed by atoms with van der Waals surface area (Å²) in [6.45, 7) is 8.64. The highest BCUT2D eigenvalue weighted by Gasteiger charge is 2.13. The second kappa shape index (κ2) is 6.57. The number of aryl methyl sites for hydroxylation is 3. The lowest BCUT2D eigenvalue weighted by molar-refractivity contribution is -0.122. The molecule has 4 nitrogen and oxygen atoms in total. The van der Waals surface area contributed by atoms with Crippen molar-refractivity contribution < 1.29 is 4.79 Å². The first kappa shape index (κ1) is 15.3. The summed E-state index contributed by atoms with van der Waals surface area (Å²) in [7, 11) is 0. The maximum Gasteiger partial charge on any atom is 0.222 e. The Labute approximate surface area is 126 Å². The van der Waals surface area contributed by atoms with Crippen molar-refractivity contribution >= 4 is 5.91 Å². The minimum absolute atomic E-state index is 0.0540. The minimum atomic E-state index is 0.0540. The average molecular weight is 285 g/mol. The predicted octanol–water partition coefficient (Wildman–Crippen LogP) is 3.08. The van der Waals surface area contributed by atoms with Crippen molar-refractivity contribution in [2.24, 2.45) is 0 Å². The first-order valence-corrected chi connectivity index (χ1v) is 7.31. The van der Waals surface area contributed by atoms with Crippen LogP contribution >= 0.6 is 0 Å².